The average Bonchev–Trinajstić information content (AvgIpc) is 2.56. The van der Waals surface area contributed by atoms with Crippen LogP contribution in [0.5, 0.6) is 0 Å². The molecule has 1 rings (SSSR count). The summed E-state index contributed by atoms with van der Waals surface area (Å²) in [6.07, 6.45) is 1.89. The number of halogens is 2. The fourth-order valence-corrected chi connectivity index (χ4v) is 1.59. The molecule has 1 amide bonds. The fourth-order valence-electron chi connectivity index (χ4n) is 1.20. The van der Waals surface area contributed by atoms with Gasteiger partial charge in [0.2, 0.25) is 0 Å². The highest BCUT2D eigenvalue weighted by molar-refractivity contribution is 9.10. The Morgan fingerprint density at radius 2 is 1.76 bits per heavy atom. The maximum Gasteiger partial charge on any atom is 0.397 e. The Bertz CT molecular complexity index is 667. The Morgan fingerprint density at radius 1 is 1.20 bits per heavy atom. The van der Waals surface area contributed by atoms with E-state index in [4.69, 9.17) is 11.6 Å². The first-order valence-corrected chi connectivity index (χ1v) is 7.89. The predicted octanol–water partition coefficient (Wildman–Crippen LogP) is 1.47. The van der Waals surface area contributed by atoms with Gasteiger partial charge < -0.3 is 14.8 Å². The lowest BCUT2D eigenvalue weighted by molar-refractivity contribution is -0.152. The van der Waals surface area contributed by atoms with Crippen LogP contribution in [0.15, 0.2) is 16.7 Å². The van der Waals surface area contributed by atoms with Gasteiger partial charge in [-0.2, -0.15) is 0 Å². The first-order chi connectivity index (χ1) is 11.8. The van der Waals surface area contributed by atoms with Crippen LogP contribution in [0, 0.1) is 0 Å². The summed E-state index contributed by atoms with van der Waals surface area (Å²) in [7, 11) is 0. The molecular formula is C14H14BrClN2O7. The quantitative estimate of drug-likeness (QED) is 0.317. The van der Waals surface area contributed by atoms with Crippen molar-refractivity contribution in [3.63, 3.8) is 0 Å². The number of hydrogen-bond donors (Lipinski definition) is 1. The molecule has 0 aromatic carbocycles. The van der Waals surface area contributed by atoms with E-state index in [0.717, 1.165) is 0 Å². The topological polar surface area (TPSA) is 129 Å². The van der Waals surface area contributed by atoms with Crippen molar-refractivity contribution in [3.8, 4) is 0 Å². The number of hydrogen-bond acceptors (Lipinski definition) is 8. The summed E-state index contributed by atoms with van der Waals surface area (Å²) in [5.41, 5.74) is 0.179. The van der Waals surface area contributed by atoms with E-state index in [1.54, 1.807) is 13.8 Å². The van der Waals surface area contributed by atoms with Gasteiger partial charge in [-0.3, -0.25) is 19.4 Å². The van der Waals surface area contributed by atoms with Crippen LogP contribution in [0.1, 0.15) is 24.3 Å². The minimum absolute atomic E-state index is 0.0332. The van der Waals surface area contributed by atoms with Crippen molar-refractivity contribution in [2.24, 2.45) is 0 Å². The molecule has 1 heterocycles. The van der Waals surface area contributed by atoms with Crippen molar-refractivity contribution >= 4 is 62.6 Å². The summed E-state index contributed by atoms with van der Waals surface area (Å²) < 4.78 is 9.26. The zero-order valence-electron chi connectivity index (χ0n) is 13.2. The van der Waals surface area contributed by atoms with Crippen LogP contribution >= 0.6 is 27.5 Å². The van der Waals surface area contributed by atoms with E-state index in [0.29, 0.717) is 10.8 Å². The van der Waals surface area contributed by atoms with Crippen molar-refractivity contribution in [1.82, 2.24) is 4.98 Å². The third-order valence-corrected chi connectivity index (χ3v) is 2.73. The smallest absolute Gasteiger partial charge is 0.397 e. The van der Waals surface area contributed by atoms with Gasteiger partial charge in [0.05, 0.1) is 18.9 Å². The van der Waals surface area contributed by atoms with Crippen molar-refractivity contribution in [3.05, 3.63) is 22.4 Å². The van der Waals surface area contributed by atoms with Crippen LogP contribution in [0.25, 0.3) is 0 Å². The van der Waals surface area contributed by atoms with E-state index in [-0.39, 0.29) is 24.6 Å². The van der Waals surface area contributed by atoms with E-state index in [2.05, 4.69) is 35.7 Å². The molecule has 0 aliphatic heterocycles. The Hall–Kier alpha value is -2.33. The van der Waals surface area contributed by atoms with Crippen LogP contribution in [-0.2, 0) is 28.7 Å². The molecular weight excluding hydrogens is 424 g/mol. The number of carbonyl (C=O) groups is 5. The van der Waals surface area contributed by atoms with Gasteiger partial charge in [-0.15, -0.1) is 0 Å². The van der Waals surface area contributed by atoms with Gasteiger partial charge >= 0.3 is 23.1 Å². The van der Waals surface area contributed by atoms with Crippen molar-refractivity contribution in [2.45, 2.75) is 13.8 Å². The molecule has 136 valence electrons. The molecule has 0 aliphatic carbocycles. The molecule has 1 aromatic rings. The normalized spacial score (nSPS) is 9.12. The number of aromatic nitrogens is 1. The van der Waals surface area contributed by atoms with Crippen LogP contribution in [0.3, 0.4) is 0 Å². The summed E-state index contributed by atoms with van der Waals surface area (Å²) in [5, 5.41) is 1.17. The van der Waals surface area contributed by atoms with Gasteiger partial charge in [0.1, 0.15) is 5.69 Å². The van der Waals surface area contributed by atoms with Gasteiger partial charge in [0.15, 0.2) is 6.29 Å². The lowest BCUT2D eigenvalue weighted by Crippen LogP contribution is -2.25. The van der Waals surface area contributed by atoms with Gasteiger partial charge in [0, 0.05) is 10.7 Å². The van der Waals surface area contributed by atoms with E-state index >= 15 is 0 Å². The molecule has 0 saturated carbocycles. The first kappa shape index (κ1) is 22.7. The number of nitrogens with zero attached hydrogens (tertiary/aromatic N) is 1. The molecule has 0 bridgehead atoms. The van der Waals surface area contributed by atoms with Gasteiger partial charge in [-0.1, -0.05) is 0 Å². The van der Waals surface area contributed by atoms with Crippen LogP contribution in [-0.4, -0.2) is 47.6 Å². The molecule has 0 spiro atoms. The molecule has 0 fully saturated rings. The molecule has 1 aromatic heterocycles. The molecule has 0 aliphatic rings. The fraction of sp³-hybridized carbons (Fsp3) is 0.286. The second kappa shape index (κ2) is 12.1. The summed E-state index contributed by atoms with van der Waals surface area (Å²) in [4.78, 5) is 56.7. The van der Waals surface area contributed by atoms with Gasteiger partial charge in [0.25, 0.3) is 0 Å². The second-order valence-electron chi connectivity index (χ2n) is 3.87. The zero-order chi connectivity index (χ0) is 19.4. The molecule has 0 atom stereocenters. The van der Waals surface area contributed by atoms with E-state index in [9.17, 15) is 24.0 Å². The highest BCUT2D eigenvalue weighted by Gasteiger charge is 2.17. The third-order valence-electron chi connectivity index (χ3n) is 2.14. The Morgan fingerprint density at radius 3 is 2.20 bits per heavy atom. The van der Waals surface area contributed by atoms with E-state index < -0.39 is 23.1 Å². The van der Waals surface area contributed by atoms with Crippen molar-refractivity contribution < 1.29 is 33.4 Å². The summed E-state index contributed by atoms with van der Waals surface area (Å²) in [6.45, 7) is 3.46. The molecule has 0 radical (unpaired) electrons. The number of nitrogens with one attached hydrogen (secondary N) is 1. The maximum atomic E-state index is 11.3. The standard InChI is InChI=1S/C10H9BrN2O4.C4H5ClO3/c1-2-17-10(16)9(15)13-7-3-6(11)4-12-8(7)5-14;1-2-8-4(7)3(5)6/h3-5H,2H2,1H3,(H,13,15);2H2,1H3. The second-order valence-corrected chi connectivity index (χ2v) is 5.13. The van der Waals surface area contributed by atoms with E-state index in [1.807, 2.05) is 0 Å². The molecule has 1 N–H and O–H groups in total. The van der Waals surface area contributed by atoms with Crippen molar-refractivity contribution in [2.75, 3.05) is 18.5 Å². The number of esters is 2. The van der Waals surface area contributed by atoms with Crippen LogP contribution < -0.4 is 5.32 Å². The molecule has 0 saturated heterocycles. The average molecular weight is 438 g/mol. The molecule has 9 nitrogen and oxygen atoms in total. The van der Waals surface area contributed by atoms with Crippen LogP contribution in [0.2, 0.25) is 0 Å². The molecule has 11 heteroatoms. The summed E-state index contributed by atoms with van der Waals surface area (Å²) in [5.74, 6) is -2.95. The number of anilines is 1. The van der Waals surface area contributed by atoms with Crippen LogP contribution in [0.4, 0.5) is 5.69 Å². The Balaban J connectivity index is 0.000000609. The molecule has 25 heavy (non-hydrogen) atoms. The Kier molecular flexibility index (Phi) is 11.0. The lowest BCUT2D eigenvalue weighted by Gasteiger charge is -2.06. The van der Waals surface area contributed by atoms with Crippen molar-refractivity contribution in [1.29, 1.82) is 0 Å². The first-order valence-electron chi connectivity index (χ1n) is 6.72. The van der Waals surface area contributed by atoms with Gasteiger partial charge in [-0.05, 0) is 47.4 Å². The summed E-state index contributed by atoms with van der Waals surface area (Å²) in [6, 6.07) is 1.47. The monoisotopic (exact) mass is 436 g/mol. The largest absolute Gasteiger partial charge is 0.459 e. The predicted molar refractivity (Wildman–Crippen MR) is 90.1 cm³/mol. The highest BCUT2D eigenvalue weighted by Crippen LogP contribution is 2.17. The zero-order valence-corrected chi connectivity index (χ0v) is 15.5. The Labute approximate surface area is 156 Å². The SMILES string of the molecule is CCOC(=O)C(=O)Cl.CCOC(=O)C(=O)Nc1cc(Br)cnc1C=O. The lowest BCUT2D eigenvalue weighted by atomic mass is 10.3. The third kappa shape index (κ3) is 8.91. The number of rotatable bonds is 5. The molecule has 0 unspecified atom stereocenters. The minimum Gasteiger partial charge on any atom is -0.459 e. The number of aldehydes is 1. The number of amides is 1. The number of carbonyl (C=O) groups excluding carboxylic acids is 5. The van der Waals surface area contributed by atoms with E-state index in [1.165, 1.54) is 12.3 Å². The maximum absolute atomic E-state index is 11.3. The highest BCUT2D eigenvalue weighted by atomic mass is 79.9. The minimum atomic E-state index is -1.08. The number of ether oxygens (including phenoxy) is 2. The van der Waals surface area contributed by atoms with Gasteiger partial charge in [-0.25, -0.2) is 9.59 Å². The summed E-state index contributed by atoms with van der Waals surface area (Å²) >= 11 is 7.83. The number of pyridine rings is 1.